The van der Waals surface area contributed by atoms with Crippen molar-refractivity contribution in [3.63, 3.8) is 0 Å². The molecule has 0 saturated carbocycles. The van der Waals surface area contributed by atoms with Crippen LogP contribution in [0.25, 0.3) is 5.57 Å². The third-order valence-corrected chi connectivity index (χ3v) is 7.31. The Kier molecular flexibility index (Phi) is 7.85. The van der Waals surface area contributed by atoms with Crippen LogP contribution in [0.3, 0.4) is 0 Å². The van der Waals surface area contributed by atoms with Gasteiger partial charge in [-0.3, -0.25) is 4.79 Å². The highest BCUT2D eigenvalue weighted by molar-refractivity contribution is 7.14. The van der Waals surface area contributed by atoms with Crippen LogP contribution >= 0.6 is 22.7 Å². The molecule has 0 bridgehead atoms. The molecule has 1 saturated heterocycles. The van der Waals surface area contributed by atoms with Crippen molar-refractivity contribution >= 4 is 34.2 Å². The Bertz CT molecular complexity index is 767. The van der Waals surface area contributed by atoms with Crippen molar-refractivity contribution in [3.8, 4) is 0 Å². The molecule has 6 heteroatoms. The average molecular weight is 419 g/mol. The Morgan fingerprint density at radius 2 is 1.93 bits per heavy atom. The molecule has 0 aliphatic carbocycles. The van der Waals surface area contributed by atoms with E-state index in [9.17, 15) is 4.79 Å². The minimum absolute atomic E-state index is 0.0113. The SMILES string of the molecule is Cc1ccsc1C(=CCCN1CCC[C@@H](C(=O)OCCN)C1)c1sccc1C. The quantitative estimate of drug-likeness (QED) is 0.643. The second-order valence-corrected chi connectivity index (χ2v) is 9.20. The molecule has 0 unspecified atom stereocenters. The van der Waals surface area contributed by atoms with Crippen molar-refractivity contribution in [2.75, 3.05) is 32.8 Å². The molecule has 1 atom stereocenters. The van der Waals surface area contributed by atoms with E-state index in [-0.39, 0.29) is 11.9 Å². The number of carbonyl (C=O) groups excluding carboxylic acids is 1. The zero-order valence-corrected chi connectivity index (χ0v) is 18.4. The van der Waals surface area contributed by atoms with Crippen LogP contribution in [-0.4, -0.2) is 43.7 Å². The summed E-state index contributed by atoms with van der Waals surface area (Å²) in [5, 5.41) is 4.34. The number of ether oxygens (including phenoxy) is 1. The van der Waals surface area contributed by atoms with Gasteiger partial charge in [-0.25, -0.2) is 0 Å². The molecule has 1 fully saturated rings. The molecule has 0 amide bonds. The maximum absolute atomic E-state index is 12.2. The predicted molar refractivity (Wildman–Crippen MR) is 119 cm³/mol. The summed E-state index contributed by atoms with van der Waals surface area (Å²) in [6.07, 6.45) is 5.33. The number of hydrogen-bond donors (Lipinski definition) is 1. The van der Waals surface area contributed by atoms with Crippen LogP contribution in [0, 0.1) is 19.8 Å². The summed E-state index contributed by atoms with van der Waals surface area (Å²) in [5.41, 5.74) is 9.47. The molecule has 1 aliphatic heterocycles. The Labute approximate surface area is 176 Å². The van der Waals surface area contributed by atoms with Crippen molar-refractivity contribution in [3.05, 3.63) is 49.9 Å². The van der Waals surface area contributed by atoms with Crippen molar-refractivity contribution in [2.24, 2.45) is 11.7 Å². The molecule has 4 nitrogen and oxygen atoms in total. The normalized spacial score (nSPS) is 17.5. The van der Waals surface area contributed by atoms with Gasteiger partial charge in [0.05, 0.1) is 5.92 Å². The Morgan fingerprint density at radius 1 is 1.25 bits per heavy atom. The number of aryl methyl sites for hydroxylation is 2. The fraction of sp³-hybridized carbons (Fsp3) is 0.500. The highest BCUT2D eigenvalue weighted by atomic mass is 32.1. The molecule has 2 aromatic rings. The molecule has 0 spiro atoms. The lowest BCUT2D eigenvalue weighted by atomic mass is 9.98. The van der Waals surface area contributed by atoms with Crippen LogP contribution in [0.5, 0.6) is 0 Å². The third kappa shape index (κ3) is 5.32. The molecule has 152 valence electrons. The van der Waals surface area contributed by atoms with Crippen LogP contribution in [0.4, 0.5) is 0 Å². The van der Waals surface area contributed by atoms with Gasteiger partial charge in [-0.2, -0.15) is 0 Å². The number of hydrogen-bond acceptors (Lipinski definition) is 6. The molecule has 2 aromatic heterocycles. The van der Waals surface area contributed by atoms with E-state index in [2.05, 4.69) is 47.7 Å². The van der Waals surface area contributed by atoms with Crippen molar-refractivity contribution in [1.29, 1.82) is 0 Å². The minimum atomic E-state index is -0.0881. The summed E-state index contributed by atoms with van der Waals surface area (Å²) >= 11 is 3.63. The summed E-state index contributed by atoms with van der Waals surface area (Å²) in [4.78, 5) is 17.3. The van der Waals surface area contributed by atoms with Crippen molar-refractivity contribution in [1.82, 2.24) is 4.90 Å². The average Bonchev–Trinajstić information content (AvgIpc) is 3.32. The molecule has 2 N–H and O–H groups in total. The first-order valence-corrected chi connectivity index (χ1v) is 11.7. The Hall–Kier alpha value is -1.47. The van der Waals surface area contributed by atoms with Crippen molar-refractivity contribution in [2.45, 2.75) is 33.1 Å². The van der Waals surface area contributed by atoms with E-state index in [1.165, 1.54) is 26.5 Å². The summed E-state index contributed by atoms with van der Waals surface area (Å²) in [7, 11) is 0. The number of nitrogens with two attached hydrogens (primary N) is 1. The number of nitrogens with zero attached hydrogens (tertiary/aromatic N) is 1. The summed E-state index contributed by atoms with van der Waals surface area (Å²) in [6.45, 7) is 7.90. The maximum atomic E-state index is 12.2. The Balaban J connectivity index is 1.65. The largest absolute Gasteiger partial charge is 0.464 e. The lowest BCUT2D eigenvalue weighted by Crippen LogP contribution is -2.40. The van der Waals surface area contributed by atoms with Gasteiger partial charge < -0.3 is 15.4 Å². The van der Waals surface area contributed by atoms with E-state index in [1.54, 1.807) is 0 Å². The first-order valence-electron chi connectivity index (χ1n) is 9.98. The minimum Gasteiger partial charge on any atom is -0.464 e. The second kappa shape index (κ2) is 10.3. The number of rotatable bonds is 8. The van der Waals surface area contributed by atoms with Gasteiger partial charge in [0.25, 0.3) is 0 Å². The Morgan fingerprint density at radius 3 is 2.50 bits per heavy atom. The first kappa shape index (κ1) is 21.2. The fourth-order valence-corrected chi connectivity index (χ4v) is 5.72. The number of piperidine rings is 1. The maximum Gasteiger partial charge on any atom is 0.310 e. The fourth-order valence-electron chi connectivity index (χ4n) is 3.71. The highest BCUT2D eigenvalue weighted by Gasteiger charge is 2.26. The van der Waals surface area contributed by atoms with Gasteiger partial charge in [0.15, 0.2) is 0 Å². The summed E-state index contributed by atoms with van der Waals surface area (Å²) in [6, 6.07) is 4.39. The van der Waals surface area contributed by atoms with E-state index < -0.39 is 0 Å². The molecule has 28 heavy (non-hydrogen) atoms. The van der Waals surface area contributed by atoms with Gasteiger partial charge in [-0.05, 0) is 73.7 Å². The van der Waals surface area contributed by atoms with E-state index >= 15 is 0 Å². The smallest absolute Gasteiger partial charge is 0.310 e. The zero-order valence-electron chi connectivity index (χ0n) is 16.8. The molecular weight excluding hydrogens is 388 g/mol. The van der Waals surface area contributed by atoms with Gasteiger partial charge in [0, 0.05) is 35.0 Å². The summed E-state index contributed by atoms with van der Waals surface area (Å²) < 4.78 is 5.25. The van der Waals surface area contributed by atoms with E-state index in [0.717, 1.165) is 38.9 Å². The molecule has 3 heterocycles. The van der Waals surface area contributed by atoms with Crippen LogP contribution < -0.4 is 5.73 Å². The van der Waals surface area contributed by atoms with Gasteiger partial charge in [0.1, 0.15) is 6.61 Å². The molecular formula is C22H30N2O2S2. The number of likely N-dealkylation sites (tertiary alicyclic amines) is 1. The van der Waals surface area contributed by atoms with Gasteiger partial charge >= 0.3 is 5.97 Å². The van der Waals surface area contributed by atoms with Gasteiger partial charge in [-0.1, -0.05) is 6.08 Å². The van der Waals surface area contributed by atoms with Crippen molar-refractivity contribution < 1.29 is 9.53 Å². The molecule has 0 radical (unpaired) electrons. The molecule has 1 aliphatic rings. The highest BCUT2D eigenvalue weighted by Crippen LogP contribution is 2.35. The third-order valence-electron chi connectivity index (χ3n) is 5.21. The van der Waals surface area contributed by atoms with E-state index in [1.807, 2.05) is 22.7 Å². The number of esters is 1. The number of carbonyl (C=O) groups is 1. The molecule has 0 aromatic carbocycles. The monoisotopic (exact) mass is 418 g/mol. The van der Waals surface area contributed by atoms with E-state index in [0.29, 0.717) is 13.2 Å². The van der Waals surface area contributed by atoms with Crippen LogP contribution in [-0.2, 0) is 9.53 Å². The lowest BCUT2D eigenvalue weighted by molar-refractivity contribution is -0.150. The zero-order chi connectivity index (χ0) is 19.9. The first-order chi connectivity index (χ1) is 13.6. The number of thiophene rings is 2. The predicted octanol–water partition coefficient (Wildman–Crippen LogP) is 4.46. The van der Waals surface area contributed by atoms with Crippen LogP contribution in [0.2, 0.25) is 0 Å². The van der Waals surface area contributed by atoms with E-state index in [4.69, 9.17) is 10.5 Å². The van der Waals surface area contributed by atoms with Gasteiger partial charge in [-0.15, -0.1) is 22.7 Å². The topological polar surface area (TPSA) is 55.6 Å². The van der Waals surface area contributed by atoms with Crippen LogP contribution in [0.15, 0.2) is 29.0 Å². The lowest BCUT2D eigenvalue weighted by Gasteiger charge is -2.31. The standard InChI is InChI=1S/C22H30N2O2S2/c1-16-7-13-27-20(16)19(21-17(2)8-14-28-21)6-4-11-24-10-3-5-18(15-24)22(25)26-12-9-23/h6-8,13-14,18H,3-5,9-12,15,23H2,1-2H3/t18-/m1/s1. The molecule has 3 rings (SSSR count). The second-order valence-electron chi connectivity index (χ2n) is 7.37. The summed E-state index contributed by atoms with van der Waals surface area (Å²) in [5.74, 6) is -0.0994. The van der Waals surface area contributed by atoms with Crippen LogP contribution in [0.1, 0.15) is 40.1 Å². The van der Waals surface area contributed by atoms with Gasteiger partial charge in [0.2, 0.25) is 0 Å².